The molecule has 2 aromatic heterocycles. The van der Waals surface area contributed by atoms with Crippen molar-refractivity contribution in [1.29, 1.82) is 0 Å². The van der Waals surface area contributed by atoms with E-state index in [9.17, 15) is 4.79 Å². The molecule has 0 aliphatic heterocycles. The fourth-order valence-corrected chi connectivity index (χ4v) is 3.50. The number of amides is 1. The molecule has 3 rings (SSSR count). The highest BCUT2D eigenvalue weighted by Crippen LogP contribution is 2.39. The first-order chi connectivity index (χ1) is 10.6. The molecule has 6 heteroatoms. The average Bonchev–Trinajstić information content (AvgIpc) is 3.13. The van der Waals surface area contributed by atoms with Crippen LogP contribution in [0.1, 0.15) is 46.5 Å². The monoisotopic (exact) mass is 318 g/mol. The Morgan fingerprint density at radius 1 is 1.45 bits per heavy atom. The number of thiazole rings is 1. The molecule has 0 bridgehead atoms. The maximum atomic E-state index is 12.0. The van der Waals surface area contributed by atoms with E-state index in [1.807, 2.05) is 20.0 Å². The van der Waals surface area contributed by atoms with Crippen molar-refractivity contribution in [3.63, 3.8) is 0 Å². The van der Waals surface area contributed by atoms with Crippen molar-refractivity contribution in [2.75, 3.05) is 6.54 Å². The minimum absolute atomic E-state index is 0.0521. The first-order valence-electron chi connectivity index (χ1n) is 7.85. The van der Waals surface area contributed by atoms with Gasteiger partial charge in [0.25, 0.3) is 0 Å². The van der Waals surface area contributed by atoms with Crippen LogP contribution in [0.2, 0.25) is 0 Å². The summed E-state index contributed by atoms with van der Waals surface area (Å²) in [6.45, 7) is 5.55. The lowest BCUT2D eigenvalue weighted by molar-refractivity contribution is -0.120. The molecule has 2 heterocycles. The first kappa shape index (κ1) is 15.2. The third-order valence-corrected chi connectivity index (χ3v) is 4.87. The molecule has 0 radical (unpaired) electrons. The molecule has 1 aliphatic carbocycles. The summed E-state index contributed by atoms with van der Waals surface area (Å²) >= 11 is 1.65. The number of aryl methyl sites for hydroxylation is 3. The van der Waals surface area contributed by atoms with Crippen LogP contribution in [0.25, 0.3) is 0 Å². The second-order valence-electron chi connectivity index (χ2n) is 5.87. The van der Waals surface area contributed by atoms with E-state index in [0.717, 1.165) is 28.5 Å². The summed E-state index contributed by atoms with van der Waals surface area (Å²) < 4.78 is 2.08. The van der Waals surface area contributed by atoms with E-state index in [4.69, 9.17) is 0 Å². The second-order valence-corrected chi connectivity index (χ2v) is 7.28. The van der Waals surface area contributed by atoms with Crippen molar-refractivity contribution in [2.24, 2.45) is 0 Å². The smallest absolute Gasteiger partial charge is 0.226 e. The minimum atomic E-state index is 0.0521. The Labute approximate surface area is 134 Å². The third-order valence-electron chi connectivity index (χ3n) is 3.94. The standard InChI is InChI=1S/C16H22N4OS/c1-11-14(19-12(2)22-11)10-16(21)17-7-3-9-20-15(6-8-18-20)13-4-5-13/h6,8,13H,3-5,7,9-10H2,1-2H3,(H,17,21). The van der Waals surface area contributed by atoms with Gasteiger partial charge in [0.15, 0.2) is 0 Å². The van der Waals surface area contributed by atoms with Gasteiger partial charge in [0, 0.05) is 35.8 Å². The van der Waals surface area contributed by atoms with Crippen LogP contribution in [0.4, 0.5) is 0 Å². The zero-order valence-electron chi connectivity index (χ0n) is 13.1. The second kappa shape index (κ2) is 6.60. The Morgan fingerprint density at radius 3 is 2.95 bits per heavy atom. The lowest BCUT2D eigenvalue weighted by Gasteiger charge is -2.08. The molecule has 0 spiro atoms. The van der Waals surface area contributed by atoms with E-state index < -0.39 is 0 Å². The van der Waals surface area contributed by atoms with Crippen molar-refractivity contribution < 1.29 is 4.79 Å². The summed E-state index contributed by atoms with van der Waals surface area (Å²) in [5.74, 6) is 0.768. The fourth-order valence-electron chi connectivity index (χ4n) is 2.66. The summed E-state index contributed by atoms with van der Waals surface area (Å²) in [7, 11) is 0. The van der Waals surface area contributed by atoms with E-state index in [2.05, 4.69) is 26.1 Å². The maximum Gasteiger partial charge on any atom is 0.226 e. The van der Waals surface area contributed by atoms with Gasteiger partial charge < -0.3 is 5.32 Å². The summed E-state index contributed by atoms with van der Waals surface area (Å²) in [6, 6.07) is 2.11. The highest BCUT2D eigenvalue weighted by Gasteiger charge is 2.26. The molecular weight excluding hydrogens is 296 g/mol. The van der Waals surface area contributed by atoms with Gasteiger partial charge in [0.05, 0.1) is 17.1 Å². The zero-order chi connectivity index (χ0) is 15.5. The molecule has 1 N–H and O–H groups in total. The molecule has 1 saturated carbocycles. The Kier molecular flexibility index (Phi) is 4.57. The number of rotatable bonds is 7. The summed E-state index contributed by atoms with van der Waals surface area (Å²) in [4.78, 5) is 17.5. The lowest BCUT2D eigenvalue weighted by atomic mass is 10.2. The zero-order valence-corrected chi connectivity index (χ0v) is 13.9. The number of hydrogen-bond donors (Lipinski definition) is 1. The van der Waals surface area contributed by atoms with Gasteiger partial charge in [-0.25, -0.2) is 4.98 Å². The van der Waals surface area contributed by atoms with Gasteiger partial charge in [-0.3, -0.25) is 9.48 Å². The van der Waals surface area contributed by atoms with E-state index in [1.54, 1.807) is 11.3 Å². The van der Waals surface area contributed by atoms with Gasteiger partial charge in [-0.15, -0.1) is 11.3 Å². The van der Waals surface area contributed by atoms with Gasteiger partial charge in [-0.05, 0) is 39.2 Å². The van der Waals surface area contributed by atoms with Crippen LogP contribution in [-0.4, -0.2) is 27.2 Å². The van der Waals surface area contributed by atoms with Crippen molar-refractivity contribution in [2.45, 2.75) is 52.0 Å². The molecule has 0 atom stereocenters. The quantitative estimate of drug-likeness (QED) is 0.798. The number of aromatic nitrogens is 3. The Hall–Kier alpha value is -1.69. The molecule has 0 aromatic carbocycles. The molecule has 0 saturated heterocycles. The van der Waals surface area contributed by atoms with E-state index in [1.165, 1.54) is 18.5 Å². The van der Waals surface area contributed by atoms with Gasteiger partial charge in [-0.1, -0.05) is 0 Å². The Bertz CT molecular complexity index is 657. The molecule has 1 aliphatic rings. The van der Waals surface area contributed by atoms with Gasteiger partial charge in [-0.2, -0.15) is 5.10 Å². The molecule has 1 amide bonds. The van der Waals surface area contributed by atoms with Crippen LogP contribution in [0.3, 0.4) is 0 Å². The van der Waals surface area contributed by atoms with E-state index in [0.29, 0.717) is 18.9 Å². The largest absolute Gasteiger partial charge is 0.356 e. The predicted molar refractivity (Wildman–Crippen MR) is 87.1 cm³/mol. The SMILES string of the molecule is Cc1nc(CC(=O)NCCCn2nccc2C2CC2)c(C)s1. The molecule has 22 heavy (non-hydrogen) atoms. The van der Waals surface area contributed by atoms with Crippen molar-refractivity contribution in [3.05, 3.63) is 33.5 Å². The number of carbonyl (C=O) groups excluding carboxylic acids is 1. The number of hydrogen-bond acceptors (Lipinski definition) is 4. The van der Waals surface area contributed by atoms with Gasteiger partial charge in [0.1, 0.15) is 0 Å². The molecule has 5 nitrogen and oxygen atoms in total. The van der Waals surface area contributed by atoms with Crippen LogP contribution in [0.15, 0.2) is 12.3 Å². The average molecular weight is 318 g/mol. The molecule has 118 valence electrons. The van der Waals surface area contributed by atoms with Gasteiger partial charge >= 0.3 is 0 Å². The van der Waals surface area contributed by atoms with Crippen molar-refractivity contribution >= 4 is 17.2 Å². The van der Waals surface area contributed by atoms with E-state index in [-0.39, 0.29) is 5.91 Å². The highest BCUT2D eigenvalue weighted by atomic mass is 32.1. The Morgan fingerprint density at radius 2 is 2.27 bits per heavy atom. The Balaban J connectivity index is 1.40. The topological polar surface area (TPSA) is 59.8 Å². The normalized spacial score (nSPS) is 14.3. The summed E-state index contributed by atoms with van der Waals surface area (Å²) in [5.41, 5.74) is 2.25. The number of nitrogens with zero attached hydrogens (tertiary/aromatic N) is 3. The first-order valence-corrected chi connectivity index (χ1v) is 8.66. The van der Waals surface area contributed by atoms with E-state index >= 15 is 0 Å². The molecule has 2 aromatic rings. The molecule has 0 unspecified atom stereocenters. The van der Waals surface area contributed by atoms with Crippen LogP contribution in [0, 0.1) is 13.8 Å². The molecular formula is C16H22N4OS. The lowest BCUT2D eigenvalue weighted by Crippen LogP contribution is -2.27. The maximum absolute atomic E-state index is 12.0. The predicted octanol–water partition coefficient (Wildman–Crippen LogP) is 2.58. The van der Waals surface area contributed by atoms with Gasteiger partial charge in [0.2, 0.25) is 5.91 Å². The fraction of sp³-hybridized carbons (Fsp3) is 0.562. The summed E-state index contributed by atoms with van der Waals surface area (Å²) in [6.07, 6.45) is 5.73. The highest BCUT2D eigenvalue weighted by molar-refractivity contribution is 7.11. The van der Waals surface area contributed by atoms with Crippen LogP contribution >= 0.6 is 11.3 Å². The number of carbonyl (C=O) groups is 1. The molecule has 1 fully saturated rings. The van der Waals surface area contributed by atoms with Crippen LogP contribution in [0.5, 0.6) is 0 Å². The van der Waals surface area contributed by atoms with Crippen molar-refractivity contribution in [3.8, 4) is 0 Å². The minimum Gasteiger partial charge on any atom is -0.356 e. The van der Waals surface area contributed by atoms with Crippen LogP contribution < -0.4 is 5.32 Å². The third kappa shape index (κ3) is 3.74. The van der Waals surface area contributed by atoms with Crippen molar-refractivity contribution in [1.82, 2.24) is 20.1 Å². The summed E-state index contributed by atoms with van der Waals surface area (Å²) in [5, 5.41) is 8.37. The van der Waals surface area contributed by atoms with Crippen LogP contribution in [-0.2, 0) is 17.8 Å². The number of nitrogens with one attached hydrogen (secondary N) is 1.